The maximum absolute atomic E-state index is 3.74. The quantitative estimate of drug-likeness (QED) is 0.412. The van der Waals surface area contributed by atoms with Crippen LogP contribution in [-0.2, 0) is 0 Å². The van der Waals surface area contributed by atoms with Gasteiger partial charge >= 0.3 is 157 Å². The number of allylic oxidation sites excluding steroid dienone is 5. The van der Waals surface area contributed by atoms with Gasteiger partial charge in [-0.25, -0.2) is 0 Å². The molecule has 26 heavy (non-hydrogen) atoms. The Labute approximate surface area is 157 Å². The zero-order valence-corrected chi connectivity index (χ0v) is 16.0. The van der Waals surface area contributed by atoms with Gasteiger partial charge in [-0.1, -0.05) is 0 Å². The van der Waals surface area contributed by atoms with E-state index in [0.717, 1.165) is 6.16 Å². The zero-order chi connectivity index (χ0) is 18.1. The van der Waals surface area contributed by atoms with Crippen molar-refractivity contribution in [2.45, 2.75) is 0 Å². The monoisotopic (exact) mass is 356 g/mol. The van der Waals surface area contributed by atoms with Gasteiger partial charge in [-0.2, -0.15) is 0 Å². The average Bonchev–Trinajstić information content (AvgIpc) is 2.73. The van der Waals surface area contributed by atoms with E-state index in [4.69, 9.17) is 0 Å². The van der Waals surface area contributed by atoms with E-state index in [1.165, 1.54) is 15.9 Å². The third-order valence-corrected chi connectivity index (χ3v) is 9.52. The van der Waals surface area contributed by atoms with Gasteiger partial charge in [0.05, 0.1) is 0 Å². The number of hydrogen-bond acceptors (Lipinski definition) is 0. The summed E-state index contributed by atoms with van der Waals surface area (Å²) in [5.41, 5.74) is 0. The summed E-state index contributed by atoms with van der Waals surface area (Å²) in [6.07, 6.45) is 11.3. The SMILES string of the molecule is C=C/C=C\C=C/C[PH](c1ccccc1)(c1ccccc1)c1ccccc1. The van der Waals surface area contributed by atoms with Crippen molar-refractivity contribution in [3.8, 4) is 0 Å². The number of rotatable bonds is 7. The summed E-state index contributed by atoms with van der Waals surface area (Å²) < 4.78 is 0. The van der Waals surface area contributed by atoms with E-state index in [9.17, 15) is 0 Å². The first-order valence-corrected chi connectivity index (χ1v) is 11.2. The van der Waals surface area contributed by atoms with Crippen molar-refractivity contribution >= 4 is 23.2 Å². The van der Waals surface area contributed by atoms with Crippen LogP contribution in [0.3, 0.4) is 0 Å². The molecule has 0 aromatic heterocycles. The van der Waals surface area contributed by atoms with Gasteiger partial charge in [0.25, 0.3) is 0 Å². The van der Waals surface area contributed by atoms with Gasteiger partial charge in [0.2, 0.25) is 0 Å². The summed E-state index contributed by atoms with van der Waals surface area (Å²) in [7, 11) is -2.13. The number of hydrogen-bond donors (Lipinski definition) is 0. The molecule has 0 nitrogen and oxygen atoms in total. The van der Waals surface area contributed by atoms with Crippen LogP contribution in [0.4, 0.5) is 0 Å². The average molecular weight is 356 g/mol. The fraction of sp³-hybridized carbons (Fsp3) is 0.0400. The van der Waals surface area contributed by atoms with Crippen LogP contribution in [-0.4, -0.2) is 6.16 Å². The molecule has 0 saturated heterocycles. The van der Waals surface area contributed by atoms with Crippen molar-refractivity contribution in [3.63, 3.8) is 0 Å². The summed E-state index contributed by atoms with van der Waals surface area (Å²) >= 11 is 0. The van der Waals surface area contributed by atoms with Crippen molar-refractivity contribution in [2.24, 2.45) is 0 Å². The maximum atomic E-state index is 3.74. The predicted octanol–water partition coefficient (Wildman–Crippen LogP) is 5.01. The summed E-state index contributed by atoms with van der Waals surface area (Å²) in [5, 5.41) is 4.32. The van der Waals surface area contributed by atoms with Gasteiger partial charge in [0.15, 0.2) is 0 Å². The van der Waals surface area contributed by atoms with E-state index in [0.29, 0.717) is 0 Å². The molecule has 0 unspecified atom stereocenters. The van der Waals surface area contributed by atoms with Crippen LogP contribution >= 0.6 is 7.26 Å². The van der Waals surface area contributed by atoms with Crippen LogP contribution in [0.1, 0.15) is 0 Å². The van der Waals surface area contributed by atoms with Gasteiger partial charge in [0.1, 0.15) is 0 Å². The predicted molar refractivity (Wildman–Crippen MR) is 120 cm³/mol. The third-order valence-electron chi connectivity index (χ3n) is 4.72. The molecule has 1 heteroatoms. The topological polar surface area (TPSA) is 0 Å². The summed E-state index contributed by atoms with van der Waals surface area (Å²) in [4.78, 5) is 0. The second kappa shape index (κ2) is 9.13. The van der Waals surface area contributed by atoms with Crippen LogP contribution < -0.4 is 15.9 Å². The minimum absolute atomic E-state index is 1.02. The molecule has 0 aliphatic heterocycles. The molecule has 3 aromatic carbocycles. The molecule has 0 aliphatic carbocycles. The first-order chi connectivity index (χ1) is 12.9. The second-order valence-electron chi connectivity index (χ2n) is 6.26. The Morgan fingerprint density at radius 3 is 1.38 bits per heavy atom. The Kier molecular flexibility index (Phi) is 6.36. The van der Waals surface area contributed by atoms with Crippen molar-refractivity contribution in [2.75, 3.05) is 6.16 Å². The molecular formula is C25H25P. The van der Waals surface area contributed by atoms with Gasteiger partial charge in [-0.05, 0) is 0 Å². The first-order valence-electron chi connectivity index (χ1n) is 8.99. The summed E-state index contributed by atoms with van der Waals surface area (Å²) in [6, 6.07) is 33.0. The Morgan fingerprint density at radius 1 is 0.577 bits per heavy atom. The number of benzene rings is 3. The zero-order valence-electron chi connectivity index (χ0n) is 15.0. The molecule has 0 N–H and O–H groups in total. The van der Waals surface area contributed by atoms with E-state index >= 15 is 0 Å². The molecule has 0 heterocycles. The van der Waals surface area contributed by atoms with E-state index < -0.39 is 7.26 Å². The van der Waals surface area contributed by atoms with Gasteiger partial charge in [0, 0.05) is 0 Å². The fourth-order valence-corrected chi connectivity index (χ4v) is 7.97. The van der Waals surface area contributed by atoms with Crippen LogP contribution in [0.25, 0.3) is 0 Å². The molecule has 0 aliphatic rings. The van der Waals surface area contributed by atoms with Gasteiger partial charge < -0.3 is 0 Å². The summed E-state index contributed by atoms with van der Waals surface area (Å²) in [6.45, 7) is 3.74. The summed E-state index contributed by atoms with van der Waals surface area (Å²) in [5.74, 6) is 0. The fourth-order valence-electron chi connectivity index (χ4n) is 3.49. The second-order valence-corrected chi connectivity index (χ2v) is 10.2. The Bertz CT molecular complexity index is 765. The molecule has 0 radical (unpaired) electrons. The van der Waals surface area contributed by atoms with E-state index in [2.05, 4.69) is 110 Å². The Balaban J connectivity index is 2.19. The molecule has 0 fully saturated rings. The molecule has 0 saturated carbocycles. The molecule has 3 aromatic rings. The normalized spacial score (nSPS) is 12.5. The van der Waals surface area contributed by atoms with Crippen molar-refractivity contribution < 1.29 is 0 Å². The molecule has 0 atom stereocenters. The van der Waals surface area contributed by atoms with E-state index in [1.54, 1.807) is 6.08 Å². The van der Waals surface area contributed by atoms with Gasteiger partial charge in [-0.3, -0.25) is 0 Å². The molecule has 130 valence electrons. The molecule has 0 bridgehead atoms. The van der Waals surface area contributed by atoms with Gasteiger partial charge in [-0.15, -0.1) is 0 Å². The molecule has 0 amide bonds. The van der Waals surface area contributed by atoms with Crippen LogP contribution in [0.2, 0.25) is 0 Å². The van der Waals surface area contributed by atoms with E-state index in [1.807, 2.05) is 12.2 Å². The van der Waals surface area contributed by atoms with Crippen LogP contribution in [0, 0.1) is 0 Å². The van der Waals surface area contributed by atoms with Crippen molar-refractivity contribution in [1.82, 2.24) is 0 Å². The molecule has 0 spiro atoms. The van der Waals surface area contributed by atoms with Crippen molar-refractivity contribution in [1.29, 1.82) is 0 Å². The minimum atomic E-state index is -2.13. The standard InChI is InChI=1S/C25H25P/c1-2-3-4-5-15-22-26(23-16-9-6-10-17-23,24-18-11-7-12-19-24)25-20-13-8-14-21-25/h2-21,26H,1,22H2/b4-3-,15-5-. The molecule has 3 rings (SSSR count). The first kappa shape index (κ1) is 18.1. The third kappa shape index (κ3) is 3.93. The Morgan fingerprint density at radius 2 is 1.00 bits per heavy atom. The van der Waals surface area contributed by atoms with E-state index in [-0.39, 0.29) is 0 Å². The van der Waals surface area contributed by atoms with Crippen molar-refractivity contribution in [3.05, 3.63) is 128 Å². The Hall–Kier alpha value is -2.69. The molecular weight excluding hydrogens is 331 g/mol. The van der Waals surface area contributed by atoms with Crippen LogP contribution in [0.5, 0.6) is 0 Å². The van der Waals surface area contributed by atoms with Crippen LogP contribution in [0.15, 0.2) is 128 Å².